The first-order valence-corrected chi connectivity index (χ1v) is 10.8. The first-order valence-electron chi connectivity index (χ1n) is 10.8. The summed E-state index contributed by atoms with van der Waals surface area (Å²) in [5, 5.41) is 12.4. The van der Waals surface area contributed by atoms with Crippen molar-refractivity contribution in [2.24, 2.45) is 5.41 Å². The maximum Gasteiger partial charge on any atom is 0.255 e. The number of benzene rings is 1. The molecule has 1 spiro atoms. The van der Waals surface area contributed by atoms with Crippen molar-refractivity contribution < 1.29 is 13.9 Å². The normalized spacial score (nSPS) is 17.0. The third-order valence-corrected chi connectivity index (χ3v) is 6.15. The minimum absolute atomic E-state index is 0.0773. The maximum atomic E-state index is 14.4. The number of amides is 1. The number of piperidine rings is 1. The Bertz CT molecular complexity index is 1020. The third kappa shape index (κ3) is 4.50. The van der Waals surface area contributed by atoms with Gasteiger partial charge < -0.3 is 19.9 Å². The Morgan fingerprint density at radius 2 is 2.09 bits per heavy atom. The van der Waals surface area contributed by atoms with Gasteiger partial charge in [0.2, 0.25) is 0 Å². The number of anilines is 1. The van der Waals surface area contributed by atoms with E-state index >= 15 is 0 Å². The number of nitrogens with zero attached hydrogens (tertiary/aromatic N) is 5. The van der Waals surface area contributed by atoms with Crippen LogP contribution in [0.1, 0.15) is 37.0 Å². The fourth-order valence-corrected chi connectivity index (χ4v) is 4.41. The summed E-state index contributed by atoms with van der Waals surface area (Å²) in [6.07, 6.45) is 5.29. The van der Waals surface area contributed by atoms with Crippen molar-refractivity contribution in [3.8, 4) is 17.6 Å². The van der Waals surface area contributed by atoms with Crippen LogP contribution in [0.4, 0.5) is 10.2 Å². The number of carbonyl (C=O) groups excluding carboxylic acids is 1. The molecule has 1 aromatic carbocycles. The number of aromatic nitrogens is 2. The van der Waals surface area contributed by atoms with Gasteiger partial charge in [0, 0.05) is 36.2 Å². The molecule has 2 saturated heterocycles. The molecular formula is C23H27FN6O2. The van der Waals surface area contributed by atoms with Gasteiger partial charge in [0.25, 0.3) is 5.91 Å². The number of carbonyl (C=O) groups is 1. The lowest BCUT2D eigenvalue weighted by Gasteiger charge is -2.53. The van der Waals surface area contributed by atoms with Crippen LogP contribution in [0.5, 0.6) is 11.5 Å². The van der Waals surface area contributed by atoms with Crippen LogP contribution in [-0.2, 0) is 0 Å². The summed E-state index contributed by atoms with van der Waals surface area (Å²) < 4.78 is 20.3. The predicted molar refractivity (Wildman–Crippen MR) is 117 cm³/mol. The van der Waals surface area contributed by atoms with E-state index in [1.807, 2.05) is 19.9 Å². The largest absolute Gasteiger partial charge is 0.452 e. The second kappa shape index (κ2) is 9.09. The van der Waals surface area contributed by atoms with Crippen LogP contribution >= 0.6 is 0 Å². The number of nitrogens with one attached hydrogen (secondary N) is 1. The van der Waals surface area contributed by atoms with Crippen LogP contribution in [0.2, 0.25) is 0 Å². The zero-order valence-electron chi connectivity index (χ0n) is 18.3. The Kier molecular flexibility index (Phi) is 6.24. The first-order chi connectivity index (χ1) is 15.4. The number of nitriles is 1. The minimum atomic E-state index is -0.595. The zero-order chi connectivity index (χ0) is 22.7. The van der Waals surface area contributed by atoms with Gasteiger partial charge in [0.05, 0.1) is 12.3 Å². The number of hydrogen-bond acceptors (Lipinski definition) is 7. The van der Waals surface area contributed by atoms with Crippen molar-refractivity contribution >= 4 is 11.7 Å². The third-order valence-electron chi connectivity index (χ3n) is 6.15. The molecule has 168 valence electrons. The van der Waals surface area contributed by atoms with E-state index in [2.05, 4.69) is 20.2 Å². The molecule has 4 rings (SSSR count). The molecule has 0 aliphatic carbocycles. The summed E-state index contributed by atoms with van der Waals surface area (Å²) in [6, 6.07) is 5.65. The van der Waals surface area contributed by atoms with Crippen molar-refractivity contribution in [2.45, 2.75) is 32.7 Å². The highest BCUT2D eigenvalue weighted by atomic mass is 19.1. The molecule has 1 aromatic heterocycles. The molecular weight excluding hydrogens is 411 g/mol. The molecule has 0 saturated carbocycles. The summed E-state index contributed by atoms with van der Waals surface area (Å²) in [5.74, 6) is 0.239. The summed E-state index contributed by atoms with van der Waals surface area (Å²) in [5.41, 5.74) is 0.437. The number of ether oxygens (including phenoxy) is 1. The van der Waals surface area contributed by atoms with Crippen LogP contribution in [-0.4, -0.2) is 59.5 Å². The fourth-order valence-electron chi connectivity index (χ4n) is 4.41. The van der Waals surface area contributed by atoms with Crippen LogP contribution in [0, 0.1) is 22.6 Å². The highest BCUT2D eigenvalue weighted by Gasteiger charge is 2.44. The van der Waals surface area contributed by atoms with Gasteiger partial charge in [0.15, 0.2) is 11.6 Å². The lowest BCUT2D eigenvalue weighted by atomic mass is 9.72. The molecule has 2 fully saturated rings. The van der Waals surface area contributed by atoms with Gasteiger partial charge in [-0.25, -0.2) is 14.4 Å². The molecule has 32 heavy (non-hydrogen) atoms. The van der Waals surface area contributed by atoms with Gasteiger partial charge in [-0.05, 0) is 51.9 Å². The van der Waals surface area contributed by atoms with Gasteiger partial charge in [0.1, 0.15) is 24.4 Å². The molecule has 0 unspecified atom stereocenters. The van der Waals surface area contributed by atoms with Gasteiger partial charge in [-0.1, -0.05) is 0 Å². The van der Waals surface area contributed by atoms with Crippen LogP contribution in [0.25, 0.3) is 0 Å². The van der Waals surface area contributed by atoms with E-state index < -0.39 is 11.7 Å². The van der Waals surface area contributed by atoms with Crippen molar-refractivity contribution in [1.29, 1.82) is 5.26 Å². The topological polar surface area (TPSA) is 94.4 Å². The fraction of sp³-hybridized carbons (Fsp3) is 0.478. The Morgan fingerprint density at radius 3 is 2.78 bits per heavy atom. The van der Waals surface area contributed by atoms with Crippen LogP contribution in [0.3, 0.4) is 0 Å². The molecule has 0 atom stereocenters. The number of hydrogen-bond donors (Lipinski definition) is 1. The highest BCUT2D eigenvalue weighted by molar-refractivity contribution is 5.95. The molecule has 1 N–H and O–H groups in total. The van der Waals surface area contributed by atoms with E-state index in [9.17, 15) is 9.18 Å². The summed E-state index contributed by atoms with van der Waals surface area (Å²) in [6.45, 7) is 7.38. The van der Waals surface area contributed by atoms with Gasteiger partial charge in [-0.3, -0.25) is 4.79 Å². The lowest BCUT2D eigenvalue weighted by molar-refractivity contribution is 0.0730. The Hall–Kier alpha value is -3.25. The zero-order valence-corrected chi connectivity index (χ0v) is 18.3. The van der Waals surface area contributed by atoms with Crippen molar-refractivity contribution in [3.63, 3.8) is 0 Å². The van der Waals surface area contributed by atoms with Gasteiger partial charge >= 0.3 is 0 Å². The molecule has 3 heterocycles. The van der Waals surface area contributed by atoms with E-state index in [1.54, 1.807) is 6.20 Å². The molecule has 2 aliphatic heterocycles. The van der Waals surface area contributed by atoms with Crippen molar-refractivity contribution in [3.05, 3.63) is 42.1 Å². The van der Waals surface area contributed by atoms with Gasteiger partial charge in [-0.2, -0.15) is 5.26 Å². The van der Waals surface area contributed by atoms with Crippen LogP contribution in [0.15, 0.2) is 30.7 Å². The number of halogens is 1. The minimum Gasteiger partial charge on any atom is -0.452 e. The quantitative estimate of drug-likeness (QED) is 0.693. The monoisotopic (exact) mass is 438 g/mol. The van der Waals surface area contributed by atoms with E-state index in [0.29, 0.717) is 17.0 Å². The average Bonchev–Trinajstić information content (AvgIpc) is 2.76. The number of rotatable bonds is 6. The average molecular weight is 439 g/mol. The lowest BCUT2D eigenvalue weighted by Crippen LogP contribution is -2.60. The molecule has 9 heteroatoms. The van der Waals surface area contributed by atoms with E-state index in [0.717, 1.165) is 45.1 Å². The predicted octanol–water partition coefficient (Wildman–Crippen LogP) is 2.97. The maximum absolute atomic E-state index is 14.4. The van der Waals surface area contributed by atoms with E-state index in [1.165, 1.54) is 23.4 Å². The van der Waals surface area contributed by atoms with Crippen LogP contribution < -0.4 is 15.0 Å². The first kappa shape index (κ1) is 22.0. The Labute approximate surface area is 187 Å². The van der Waals surface area contributed by atoms with E-state index in [-0.39, 0.29) is 23.9 Å². The van der Waals surface area contributed by atoms with Gasteiger partial charge in [-0.15, -0.1) is 0 Å². The standard InChI is InChI=1S/C23H27FN6O2/c1-16(2)30(8-5-25)22(31)17-9-18(24)11-19(10-17)32-20-12-27-15-28-21(20)29-13-23(14-29)3-6-26-7-4-23/h9-12,15-16,26H,3-4,6-8,13-14H2,1-2H3. The van der Waals surface area contributed by atoms with Crippen molar-refractivity contribution in [1.82, 2.24) is 20.2 Å². The van der Waals surface area contributed by atoms with Crippen molar-refractivity contribution in [2.75, 3.05) is 37.6 Å². The van der Waals surface area contributed by atoms with E-state index in [4.69, 9.17) is 10.00 Å². The molecule has 2 aromatic rings. The highest BCUT2D eigenvalue weighted by Crippen LogP contribution is 2.43. The summed E-state index contributed by atoms with van der Waals surface area (Å²) >= 11 is 0. The SMILES string of the molecule is CC(C)N(CC#N)C(=O)c1cc(F)cc(Oc2cncnc2N2CC3(CCNCC3)C2)c1. The Morgan fingerprint density at radius 1 is 1.34 bits per heavy atom. The molecule has 2 aliphatic rings. The summed E-state index contributed by atoms with van der Waals surface area (Å²) in [7, 11) is 0. The second-order valence-electron chi connectivity index (χ2n) is 8.78. The summed E-state index contributed by atoms with van der Waals surface area (Å²) in [4.78, 5) is 24.9. The molecule has 8 nitrogen and oxygen atoms in total. The Balaban J connectivity index is 1.54. The second-order valence-corrected chi connectivity index (χ2v) is 8.78. The molecule has 1 amide bonds. The molecule has 0 radical (unpaired) electrons. The smallest absolute Gasteiger partial charge is 0.255 e. The molecule has 0 bridgehead atoms.